The summed E-state index contributed by atoms with van der Waals surface area (Å²) in [6.07, 6.45) is 0.384. The van der Waals surface area contributed by atoms with Gasteiger partial charge < -0.3 is 18.3 Å². The fourth-order valence-corrected chi connectivity index (χ4v) is 6.40. The van der Waals surface area contributed by atoms with E-state index in [0.29, 0.717) is 13.0 Å². The molecule has 208 valence electrons. The second-order valence-corrected chi connectivity index (χ2v) is 25.5. The van der Waals surface area contributed by atoms with Crippen LogP contribution >= 0.6 is 0 Å². The Bertz CT molecular complexity index is 916. The molecular weight excluding hydrogens is 507 g/mol. The van der Waals surface area contributed by atoms with Gasteiger partial charge in [-0.3, -0.25) is 0 Å². The average Bonchev–Trinajstić information content (AvgIpc) is 3.16. The summed E-state index contributed by atoms with van der Waals surface area (Å²) in [5.74, 6) is 1.51. The van der Waals surface area contributed by atoms with Crippen LogP contribution in [0.1, 0.15) is 67.9 Å². The van der Waals surface area contributed by atoms with Gasteiger partial charge >= 0.3 is 0 Å². The van der Waals surface area contributed by atoms with Crippen LogP contribution < -0.4 is 14.2 Å². The molecule has 3 atom stereocenters. The van der Waals surface area contributed by atoms with Crippen LogP contribution in [0.4, 0.5) is 0 Å². The lowest BCUT2D eigenvalue weighted by Gasteiger charge is -2.44. The second kappa shape index (κ2) is 11.2. The highest BCUT2D eigenvalue weighted by Crippen LogP contribution is 2.40. The van der Waals surface area contributed by atoms with Gasteiger partial charge in [-0.05, 0) is 81.2 Å². The Morgan fingerprint density at radius 1 is 0.917 bits per heavy atom. The summed E-state index contributed by atoms with van der Waals surface area (Å²) < 4.78 is 41.3. The molecule has 9 heteroatoms. The van der Waals surface area contributed by atoms with E-state index in [9.17, 15) is 4.21 Å². The minimum Gasteiger partial charge on any atom is -0.454 e. The minimum atomic E-state index is -2.15. The fourth-order valence-electron chi connectivity index (χ4n) is 3.18. The SMILES string of the molecule is CC(C)(C)[S@](=O)N[C@@H](Cc1ccc2c(c1)OCO2)[C@@H](CO[Si](C)(C)C(C)(C)C)O[Si](C)(C)C(C)(C)C. The molecule has 36 heavy (non-hydrogen) atoms. The first kappa shape index (κ1) is 31.5. The van der Waals surface area contributed by atoms with Gasteiger partial charge in [0.1, 0.15) is 0 Å². The van der Waals surface area contributed by atoms with Gasteiger partial charge in [0.05, 0.1) is 34.5 Å². The smallest absolute Gasteiger partial charge is 0.231 e. The average molecular weight is 558 g/mol. The van der Waals surface area contributed by atoms with Crippen molar-refractivity contribution in [3.63, 3.8) is 0 Å². The molecule has 0 fully saturated rings. The second-order valence-electron chi connectivity index (χ2n) is 14.0. The molecule has 0 unspecified atom stereocenters. The molecule has 6 nitrogen and oxygen atoms in total. The van der Waals surface area contributed by atoms with Gasteiger partial charge in [0, 0.05) is 0 Å². The van der Waals surface area contributed by atoms with Crippen LogP contribution in [0, 0.1) is 0 Å². The van der Waals surface area contributed by atoms with Crippen molar-refractivity contribution in [2.75, 3.05) is 13.4 Å². The van der Waals surface area contributed by atoms with Crippen LogP contribution in [-0.2, 0) is 26.3 Å². The maximum absolute atomic E-state index is 13.4. The number of fused-ring (bicyclic) bond motifs is 1. The van der Waals surface area contributed by atoms with Gasteiger partial charge in [-0.2, -0.15) is 0 Å². The molecule has 0 spiro atoms. The lowest BCUT2D eigenvalue weighted by Crippen LogP contribution is -2.56. The highest BCUT2D eigenvalue weighted by molar-refractivity contribution is 7.84. The molecular formula is C27H51NO5SSi2. The zero-order chi connectivity index (χ0) is 27.7. The highest BCUT2D eigenvalue weighted by Gasteiger charge is 2.43. The van der Waals surface area contributed by atoms with Crippen molar-refractivity contribution in [1.82, 2.24) is 4.72 Å². The van der Waals surface area contributed by atoms with E-state index in [1.54, 1.807) is 0 Å². The Balaban J connectivity index is 2.45. The Labute approximate surface area is 225 Å². The third-order valence-corrected chi connectivity index (χ3v) is 18.5. The third-order valence-electron chi connectivity index (χ3n) is 7.82. The Kier molecular flexibility index (Phi) is 9.78. The Hall–Kier alpha value is -0.716. The van der Waals surface area contributed by atoms with Crippen LogP contribution in [0.3, 0.4) is 0 Å². The first-order valence-electron chi connectivity index (χ1n) is 13.0. The summed E-state index contributed by atoms with van der Waals surface area (Å²) in [5, 5.41) is 0.123. The lowest BCUT2D eigenvalue weighted by molar-refractivity contribution is 0.0823. The Morgan fingerprint density at radius 2 is 1.47 bits per heavy atom. The van der Waals surface area contributed by atoms with E-state index in [0.717, 1.165) is 17.1 Å². The molecule has 0 amide bonds. The molecule has 2 rings (SSSR count). The quantitative estimate of drug-likeness (QED) is 0.321. The number of ether oxygens (including phenoxy) is 2. The number of hydrogen-bond acceptors (Lipinski definition) is 5. The maximum Gasteiger partial charge on any atom is 0.231 e. The van der Waals surface area contributed by atoms with E-state index in [-0.39, 0.29) is 29.0 Å². The molecule has 0 bridgehead atoms. The summed E-state index contributed by atoms with van der Waals surface area (Å²) in [5.41, 5.74) is 1.08. The molecule has 0 aromatic heterocycles. The molecule has 0 radical (unpaired) electrons. The van der Waals surface area contributed by atoms with Crippen molar-refractivity contribution in [2.45, 2.75) is 122 Å². The highest BCUT2D eigenvalue weighted by atomic mass is 32.2. The van der Waals surface area contributed by atoms with Gasteiger partial charge in [-0.25, -0.2) is 8.93 Å². The Morgan fingerprint density at radius 3 is 2.00 bits per heavy atom. The third kappa shape index (κ3) is 8.14. The fraction of sp³-hybridized carbons (Fsp3) is 0.778. The van der Waals surface area contributed by atoms with Crippen molar-refractivity contribution >= 4 is 27.6 Å². The summed E-state index contributed by atoms with van der Waals surface area (Å²) in [4.78, 5) is 0. The van der Waals surface area contributed by atoms with E-state index < -0.39 is 32.4 Å². The van der Waals surface area contributed by atoms with E-state index in [4.69, 9.17) is 18.3 Å². The molecule has 1 aromatic carbocycles. The predicted octanol–water partition coefficient (Wildman–Crippen LogP) is 6.79. The van der Waals surface area contributed by atoms with Crippen LogP contribution in [0.5, 0.6) is 11.5 Å². The number of hydrogen-bond donors (Lipinski definition) is 1. The zero-order valence-electron chi connectivity index (χ0n) is 25.0. The van der Waals surface area contributed by atoms with E-state index in [2.05, 4.69) is 78.5 Å². The topological polar surface area (TPSA) is 66.0 Å². The van der Waals surface area contributed by atoms with Crippen molar-refractivity contribution in [1.29, 1.82) is 0 Å². The lowest BCUT2D eigenvalue weighted by atomic mass is 10.0. The van der Waals surface area contributed by atoms with Gasteiger partial charge in [0.15, 0.2) is 28.1 Å². The molecule has 1 N–H and O–H groups in total. The van der Waals surface area contributed by atoms with E-state index in [1.807, 2.05) is 32.9 Å². The number of nitrogens with one attached hydrogen (secondary N) is 1. The largest absolute Gasteiger partial charge is 0.454 e. The predicted molar refractivity (Wildman–Crippen MR) is 156 cm³/mol. The molecule has 1 heterocycles. The van der Waals surface area contributed by atoms with Crippen LogP contribution in [0.2, 0.25) is 36.3 Å². The first-order valence-corrected chi connectivity index (χ1v) is 20.0. The summed E-state index contributed by atoms with van der Waals surface area (Å²) >= 11 is 0. The first-order chi connectivity index (χ1) is 16.1. The summed E-state index contributed by atoms with van der Waals surface area (Å²) in [6, 6.07) is 5.82. The van der Waals surface area contributed by atoms with Gasteiger partial charge in [-0.1, -0.05) is 47.6 Å². The summed E-state index contributed by atoms with van der Waals surface area (Å²) in [7, 11) is -5.44. The molecule has 0 saturated heterocycles. The van der Waals surface area contributed by atoms with Crippen molar-refractivity contribution in [3.05, 3.63) is 23.8 Å². The molecule has 0 saturated carbocycles. The monoisotopic (exact) mass is 557 g/mol. The van der Waals surface area contributed by atoms with Gasteiger partial charge in [0.25, 0.3) is 0 Å². The summed E-state index contributed by atoms with van der Waals surface area (Å²) in [6.45, 7) is 29.2. The normalized spacial score (nSPS) is 17.7. The zero-order valence-corrected chi connectivity index (χ0v) is 27.8. The van der Waals surface area contributed by atoms with Crippen molar-refractivity contribution in [3.8, 4) is 11.5 Å². The van der Waals surface area contributed by atoms with E-state index >= 15 is 0 Å². The van der Waals surface area contributed by atoms with E-state index in [1.165, 1.54) is 0 Å². The maximum atomic E-state index is 13.4. The van der Waals surface area contributed by atoms with Crippen molar-refractivity contribution < 1.29 is 22.5 Å². The van der Waals surface area contributed by atoms with Crippen LogP contribution in [-0.4, -0.2) is 51.1 Å². The van der Waals surface area contributed by atoms with Crippen LogP contribution in [0.25, 0.3) is 0 Å². The molecule has 1 aliphatic heterocycles. The molecule has 0 aliphatic carbocycles. The van der Waals surface area contributed by atoms with Crippen LogP contribution in [0.15, 0.2) is 18.2 Å². The molecule has 1 aliphatic rings. The standard InChI is InChI=1S/C27H51NO5SSi2/c1-25(2,3)34(29)28-21(16-20-14-15-22-23(17-20)31-19-30-22)24(33-36(12,13)27(7,8)9)18-32-35(10,11)26(4,5)6/h14-15,17,21,24,28H,16,18-19H2,1-13H3/t21-,24+,34-/m0/s1. The number of rotatable bonds is 10. The van der Waals surface area contributed by atoms with Gasteiger partial charge in [-0.15, -0.1) is 0 Å². The number of benzene rings is 1. The van der Waals surface area contributed by atoms with Gasteiger partial charge in [0.2, 0.25) is 6.79 Å². The van der Waals surface area contributed by atoms with Crippen molar-refractivity contribution in [2.24, 2.45) is 0 Å². The molecule has 1 aromatic rings. The minimum absolute atomic E-state index is 0.0364.